The standard InChI is InChI=1S/C24H45NO6.C24H51NO3.C20H41NO2.C18H29NO3.C18H37NO3/c1-4-7-10-13-22(26)29-19-16-25(17-20-30-23(27)14-11-8-5-2)18-21-31-24(28)15-12-9-6-3;1-4-7-10-13-19-26-22-16-25(17-23-27-20-14-11-8-5-2)18-24-28-21-15-12-9-6-3;1-4-5-6-7-8-9-10-11-12-13-14-15-16-17-20(22)23-19-18-21(2)3;20-17(22-6-3-19-1-4-21-5-2-19)13-18-10-14-7-15(11-18)9-16(8-14)12-18;1-4-5-6-7-8-9-10-11-12-13-15-22-18(20)17-21-16-14-19(2)3/h4-21H2,1-3H3;4-24H2,1-3H3;4-19H2,1-3H3;14-16H,1-13H2;4-17H2,1-3H3. The molecule has 4 saturated carbocycles. The molecule has 1 saturated heterocycles. The van der Waals surface area contributed by atoms with Gasteiger partial charge in [-0.25, -0.2) is 4.79 Å². The highest BCUT2D eigenvalue weighted by atomic mass is 16.6. The normalized spacial score (nSPS) is 16.3. The second-order valence-electron chi connectivity index (χ2n) is 37.3. The molecule has 0 aromatic carbocycles. The van der Waals surface area contributed by atoms with Crippen LogP contribution >= 0.6 is 0 Å². The van der Waals surface area contributed by atoms with Crippen LogP contribution in [-0.4, -0.2) is 266 Å². The lowest BCUT2D eigenvalue weighted by molar-refractivity contribution is -0.153. The molecule has 0 spiro atoms. The molecule has 0 aromatic heterocycles. The molecule has 0 aromatic rings. The number of morpholine rings is 1. The summed E-state index contributed by atoms with van der Waals surface area (Å²) in [6.45, 7) is 36.3. The summed E-state index contributed by atoms with van der Waals surface area (Å²) in [5, 5.41) is 0. The molecular formula is C104H203N5O17. The highest BCUT2D eigenvalue weighted by molar-refractivity contribution is 5.71. The molecule has 4 aliphatic carbocycles. The van der Waals surface area contributed by atoms with Crippen LogP contribution in [0.15, 0.2) is 0 Å². The second kappa shape index (κ2) is 93.2. The Kier molecular flexibility index (Phi) is 90.6. The molecule has 0 unspecified atom stereocenters. The predicted molar refractivity (Wildman–Crippen MR) is 519 cm³/mol. The Balaban J connectivity index is 0.00000156. The maximum absolute atomic E-state index is 12.3. The third kappa shape index (κ3) is 83.5. The number of likely N-dealkylation sites (N-methyl/N-ethyl adjacent to an activating group) is 2. The van der Waals surface area contributed by atoms with E-state index in [1.165, 1.54) is 244 Å². The van der Waals surface area contributed by atoms with Gasteiger partial charge >= 0.3 is 35.8 Å². The number of unbranched alkanes of at least 4 members (excludes halogenated alkanes) is 36. The number of hydrogen-bond acceptors (Lipinski definition) is 22. The van der Waals surface area contributed by atoms with E-state index in [2.05, 4.69) is 65.2 Å². The van der Waals surface area contributed by atoms with E-state index in [0.29, 0.717) is 83.6 Å². The molecular weight excluding hydrogens is 1590 g/mol. The molecule has 126 heavy (non-hydrogen) atoms. The SMILES string of the molecule is CCCCCC(=O)OCCN(CCOC(=O)CCCCC)CCOC(=O)CCCCC.CCCCCCCCCCCCCCCC(=O)OCCN(C)C.CCCCCCCCCCCCOC(=O)COCCN(C)C.CCCCCCOCCN(CCOCCCCCC)CCOCCCCCC.O=C(CC12CC3CC(CC(C3)C1)C2)OCCN1CCOCC1. The van der Waals surface area contributed by atoms with Gasteiger partial charge in [-0.15, -0.1) is 0 Å². The monoisotopic (exact) mass is 1790 g/mol. The highest BCUT2D eigenvalue weighted by Gasteiger charge is 2.51. The Labute approximate surface area is 774 Å². The van der Waals surface area contributed by atoms with Crippen LogP contribution in [0, 0.1) is 23.2 Å². The van der Waals surface area contributed by atoms with Crippen molar-refractivity contribution in [2.75, 3.05) is 206 Å². The zero-order valence-corrected chi connectivity index (χ0v) is 84.4. The fourth-order valence-electron chi connectivity index (χ4n) is 17.0. The maximum Gasteiger partial charge on any atom is 0.332 e. The lowest BCUT2D eigenvalue weighted by Crippen LogP contribution is -2.47. The first-order valence-corrected chi connectivity index (χ1v) is 52.7. The average Bonchev–Trinajstić information content (AvgIpc) is 0.750. The highest BCUT2D eigenvalue weighted by Crippen LogP contribution is 2.61. The van der Waals surface area contributed by atoms with Crippen LogP contribution in [0.5, 0.6) is 0 Å². The topological polar surface area (TPSA) is 220 Å². The predicted octanol–water partition coefficient (Wildman–Crippen LogP) is 22.8. The number of hydrogen-bond donors (Lipinski definition) is 0. The lowest BCUT2D eigenvalue weighted by Gasteiger charge is -2.56. The summed E-state index contributed by atoms with van der Waals surface area (Å²) in [6, 6.07) is 0. The molecule has 0 radical (unpaired) electrons. The fraction of sp³-hybridized carbons (Fsp3) is 0.942. The third-order valence-electron chi connectivity index (χ3n) is 24.5. The first kappa shape index (κ1) is 122. The number of esters is 6. The van der Waals surface area contributed by atoms with Crippen molar-refractivity contribution in [3.8, 4) is 0 Å². The van der Waals surface area contributed by atoms with Crippen LogP contribution in [0.1, 0.15) is 409 Å². The Morgan fingerprint density at radius 3 is 0.873 bits per heavy atom. The summed E-state index contributed by atoms with van der Waals surface area (Å²) in [4.78, 5) is 81.3. The number of carbonyl (C=O) groups excluding carboxylic acids is 6. The van der Waals surface area contributed by atoms with Crippen molar-refractivity contribution in [2.45, 2.75) is 409 Å². The van der Waals surface area contributed by atoms with E-state index in [0.717, 1.165) is 200 Å². The van der Waals surface area contributed by atoms with E-state index in [1.807, 2.05) is 42.9 Å². The molecule has 5 fully saturated rings. The van der Waals surface area contributed by atoms with Crippen molar-refractivity contribution in [1.29, 1.82) is 0 Å². The van der Waals surface area contributed by atoms with Gasteiger partial charge in [0, 0.05) is 117 Å². The maximum atomic E-state index is 12.3. The van der Waals surface area contributed by atoms with Crippen molar-refractivity contribution in [2.24, 2.45) is 23.2 Å². The largest absolute Gasteiger partial charge is 0.464 e. The minimum absolute atomic E-state index is 0.0325. The molecule has 746 valence electrons. The van der Waals surface area contributed by atoms with Crippen molar-refractivity contribution in [3.05, 3.63) is 0 Å². The lowest BCUT2D eigenvalue weighted by atomic mass is 9.49. The summed E-state index contributed by atoms with van der Waals surface area (Å²) >= 11 is 0. The number of carbonyl (C=O) groups is 6. The Morgan fingerprint density at radius 2 is 0.532 bits per heavy atom. The number of nitrogens with zero attached hydrogens (tertiary/aromatic N) is 5. The van der Waals surface area contributed by atoms with Gasteiger partial charge in [-0.05, 0) is 141 Å². The zero-order chi connectivity index (χ0) is 92.3. The van der Waals surface area contributed by atoms with Crippen LogP contribution in [0.25, 0.3) is 0 Å². The van der Waals surface area contributed by atoms with Gasteiger partial charge < -0.3 is 61.9 Å². The fourth-order valence-corrected chi connectivity index (χ4v) is 17.0. The van der Waals surface area contributed by atoms with Crippen molar-refractivity contribution < 1.29 is 80.9 Å². The third-order valence-corrected chi connectivity index (χ3v) is 24.5. The van der Waals surface area contributed by atoms with Gasteiger partial charge in [-0.3, -0.25) is 38.7 Å². The second-order valence-corrected chi connectivity index (χ2v) is 37.3. The summed E-state index contributed by atoms with van der Waals surface area (Å²) in [6.07, 6.45) is 65.1. The van der Waals surface area contributed by atoms with E-state index in [-0.39, 0.29) is 62.2 Å². The van der Waals surface area contributed by atoms with Crippen LogP contribution in [0.4, 0.5) is 0 Å². The summed E-state index contributed by atoms with van der Waals surface area (Å²) in [5.41, 5.74) is 0.310. The Hall–Kier alpha value is -3.58. The molecule has 0 amide bonds. The Morgan fingerprint density at radius 1 is 0.278 bits per heavy atom. The first-order chi connectivity index (χ1) is 61.4. The molecule has 1 aliphatic heterocycles. The molecule has 5 aliphatic rings. The molecule has 0 atom stereocenters. The molecule has 22 heteroatoms. The quantitative estimate of drug-likeness (QED) is 0.0314. The van der Waals surface area contributed by atoms with Gasteiger partial charge in [0.05, 0.1) is 52.7 Å². The summed E-state index contributed by atoms with van der Waals surface area (Å²) in [7, 11) is 7.93. The van der Waals surface area contributed by atoms with E-state index >= 15 is 0 Å². The van der Waals surface area contributed by atoms with E-state index in [9.17, 15) is 28.8 Å². The molecule has 5 rings (SSSR count). The smallest absolute Gasteiger partial charge is 0.332 e. The number of ether oxygens (including phenoxy) is 11. The Bertz CT molecular complexity index is 2240. The van der Waals surface area contributed by atoms with Gasteiger partial charge in [-0.2, -0.15) is 0 Å². The van der Waals surface area contributed by atoms with E-state index in [1.54, 1.807) is 0 Å². The molecule has 1 heterocycles. The average molecular weight is 1800 g/mol. The molecule has 0 N–H and O–H groups in total. The van der Waals surface area contributed by atoms with Crippen LogP contribution < -0.4 is 0 Å². The van der Waals surface area contributed by atoms with E-state index in [4.69, 9.17) is 52.1 Å². The number of rotatable bonds is 83. The van der Waals surface area contributed by atoms with Gasteiger partial charge in [0.2, 0.25) is 0 Å². The zero-order valence-electron chi connectivity index (χ0n) is 84.4. The van der Waals surface area contributed by atoms with Gasteiger partial charge in [0.25, 0.3) is 0 Å². The molecule has 4 bridgehead atoms. The van der Waals surface area contributed by atoms with Gasteiger partial charge in [-0.1, -0.05) is 287 Å². The van der Waals surface area contributed by atoms with Gasteiger partial charge in [0.1, 0.15) is 39.6 Å². The van der Waals surface area contributed by atoms with Crippen LogP contribution in [0.3, 0.4) is 0 Å². The van der Waals surface area contributed by atoms with E-state index < -0.39 is 0 Å². The van der Waals surface area contributed by atoms with Crippen LogP contribution in [0.2, 0.25) is 0 Å². The van der Waals surface area contributed by atoms with Crippen molar-refractivity contribution in [3.63, 3.8) is 0 Å². The minimum Gasteiger partial charge on any atom is -0.464 e. The molecule has 22 nitrogen and oxygen atoms in total. The van der Waals surface area contributed by atoms with Crippen molar-refractivity contribution in [1.82, 2.24) is 24.5 Å². The minimum atomic E-state index is -0.241. The first-order valence-electron chi connectivity index (χ1n) is 52.7. The van der Waals surface area contributed by atoms with Crippen molar-refractivity contribution >= 4 is 35.8 Å². The van der Waals surface area contributed by atoms with Gasteiger partial charge in [0.15, 0.2) is 0 Å². The summed E-state index contributed by atoms with van der Waals surface area (Å²) < 4.78 is 59.9. The van der Waals surface area contributed by atoms with Crippen LogP contribution in [-0.2, 0) is 80.9 Å². The summed E-state index contributed by atoms with van der Waals surface area (Å²) in [5.74, 6) is 1.96.